The maximum Gasteiger partial charge on any atom is 0.410 e. The number of halogens is 2. The number of rotatable bonds is 7. The zero-order valence-electron chi connectivity index (χ0n) is 24.7. The first-order valence-electron chi connectivity index (χ1n) is 14.4. The minimum atomic E-state index is -0.676. The van der Waals surface area contributed by atoms with E-state index in [2.05, 4.69) is 19.6 Å². The monoisotopic (exact) mass is 600 g/mol. The first-order valence-corrected chi connectivity index (χ1v) is 15.2. The maximum absolute atomic E-state index is 14.6. The van der Waals surface area contributed by atoms with Gasteiger partial charge in [0.25, 0.3) is 0 Å². The van der Waals surface area contributed by atoms with Crippen molar-refractivity contribution in [2.75, 3.05) is 19.7 Å². The smallest absolute Gasteiger partial charge is 0.410 e. The van der Waals surface area contributed by atoms with Crippen LogP contribution in [0.5, 0.6) is 0 Å². The highest BCUT2D eigenvalue weighted by molar-refractivity contribution is 6.30. The van der Waals surface area contributed by atoms with Gasteiger partial charge in [-0.1, -0.05) is 67.4 Å². The summed E-state index contributed by atoms with van der Waals surface area (Å²) in [6.45, 7) is 14.8. The molecule has 2 aliphatic heterocycles. The number of amides is 2. The third-order valence-electron chi connectivity index (χ3n) is 8.14. The lowest BCUT2D eigenvalue weighted by atomic mass is 9.67. The Balaban J connectivity index is 1.81. The second kappa shape index (κ2) is 12.8. The van der Waals surface area contributed by atoms with Crippen molar-refractivity contribution in [3.05, 3.63) is 82.4 Å². The number of carbonyl (C=O) groups is 2. The van der Waals surface area contributed by atoms with E-state index in [1.807, 2.05) is 81.1 Å². The van der Waals surface area contributed by atoms with E-state index in [4.69, 9.17) is 32.7 Å². The summed E-state index contributed by atoms with van der Waals surface area (Å²) in [6.07, 6.45) is 2.90. The van der Waals surface area contributed by atoms with Gasteiger partial charge in [0.15, 0.2) is 0 Å². The van der Waals surface area contributed by atoms with Crippen LogP contribution < -0.4 is 0 Å². The topological polar surface area (TPSA) is 59.1 Å². The van der Waals surface area contributed by atoms with Crippen molar-refractivity contribution < 1.29 is 19.1 Å². The fourth-order valence-corrected chi connectivity index (χ4v) is 6.62. The Morgan fingerprint density at radius 2 is 1.88 bits per heavy atom. The van der Waals surface area contributed by atoms with Crippen LogP contribution in [0.3, 0.4) is 0 Å². The number of likely N-dealkylation sites (tertiary alicyclic amines) is 1. The zero-order valence-corrected chi connectivity index (χ0v) is 26.3. The second-order valence-corrected chi connectivity index (χ2v) is 13.3. The molecule has 0 aromatic heterocycles. The molecule has 6 nitrogen and oxygen atoms in total. The predicted molar refractivity (Wildman–Crippen MR) is 164 cm³/mol. The van der Waals surface area contributed by atoms with Gasteiger partial charge in [0.2, 0.25) is 5.91 Å². The van der Waals surface area contributed by atoms with Crippen LogP contribution in [0, 0.1) is 5.41 Å². The van der Waals surface area contributed by atoms with Crippen molar-refractivity contribution in [1.82, 2.24) is 9.80 Å². The molecule has 41 heavy (non-hydrogen) atoms. The highest BCUT2D eigenvalue weighted by Crippen LogP contribution is 2.52. The van der Waals surface area contributed by atoms with E-state index in [1.54, 1.807) is 4.90 Å². The molecular weight excluding hydrogens is 559 g/mol. The average Bonchev–Trinajstić information content (AvgIpc) is 2.91. The summed E-state index contributed by atoms with van der Waals surface area (Å²) >= 11 is 12.8. The Bertz CT molecular complexity index is 1240. The number of hydrogen-bond donors (Lipinski definition) is 0. The Hall–Kier alpha value is -2.54. The van der Waals surface area contributed by atoms with Crippen LogP contribution in [-0.2, 0) is 14.3 Å². The summed E-state index contributed by atoms with van der Waals surface area (Å²) in [6, 6.07) is 15.1. The number of benzene rings is 2. The number of morpholine rings is 1. The normalized spacial score (nSPS) is 26.0. The molecule has 4 rings (SSSR count). The van der Waals surface area contributed by atoms with Crippen LogP contribution in [0.25, 0.3) is 0 Å². The van der Waals surface area contributed by atoms with Crippen molar-refractivity contribution in [3.63, 3.8) is 0 Å². The Morgan fingerprint density at radius 3 is 2.49 bits per heavy atom. The van der Waals surface area contributed by atoms with Gasteiger partial charge in [0, 0.05) is 22.5 Å². The number of piperidine rings is 1. The highest BCUT2D eigenvalue weighted by Gasteiger charge is 2.52. The lowest BCUT2D eigenvalue weighted by molar-refractivity contribution is -0.163. The van der Waals surface area contributed by atoms with Gasteiger partial charge in [-0.3, -0.25) is 4.79 Å². The van der Waals surface area contributed by atoms with Crippen molar-refractivity contribution in [3.8, 4) is 0 Å². The maximum atomic E-state index is 14.6. The molecule has 0 aliphatic carbocycles. The van der Waals surface area contributed by atoms with Crippen LogP contribution in [-0.4, -0.2) is 59.2 Å². The molecule has 0 bridgehead atoms. The molecule has 2 fully saturated rings. The number of ether oxygens (including phenoxy) is 2. The third-order valence-corrected chi connectivity index (χ3v) is 8.62. The Labute approximate surface area is 254 Å². The van der Waals surface area contributed by atoms with E-state index in [9.17, 15) is 9.59 Å². The molecule has 222 valence electrons. The van der Waals surface area contributed by atoms with Gasteiger partial charge in [-0.2, -0.15) is 0 Å². The minimum Gasteiger partial charge on any atom is -0.444 e. The van der Waals surface area contributed by atoms with Gasteiger partial charge < -0.3 is 19.3 Å². The Morgan fingerprint density at radius 1 is 1.17 bits per heavy atom. The van der Waals surface area contributed by atoms with Crippen molar-refractivity contribution in [2.45, 2.75) is 83.6 Å². The fourth-order valence-electron chi connectivity index (χ4n) is 6.29. The van der Waals surface area contributed by atoms with E-state index < -0.39 is 11.0 Å². The summed E-state index contributed by atoms with van der Waals surface area (Å²) in [5.74, 6) is 0.0117. The van der Waals surface area contributed by atoms with Crippen LogP contribution in [0.15, 0.2) is 61.2 Å². The third kappa shape index (κ3) is 7.10. The summed E-state index contributed by atoms with van der Waals surface area (Å²) in [5, 5.41) is 1.29. The second-order valence-electron chi connectivity index (χ2n) is 12.4. The van der Waals surface area contributed by atoms with E-state index in [-0.39, 0.29) is 36.1 Å². The van der Waals surface area contributed by atoms with Crippen LogP contribution in [0.4, 0.5) is 4.79 Å². The molecule has 2 aromatic rings. The quantitative estimate of drug-likeness (QED) is 0.302. The number of nitrogens with zero attached hydrogens (tertiary/aromatic N) is 2. The van der Waals surface area contributed by atoms with Crippen LogP contribution in [0.1, 0.15) is 77.0 Å². The zero-order chi connectivity index (χ0) is 29.9. The van der Waals surface area contributed by atoms with E-state index >= 15 is 0 Å². The SMILES string of the molecule is C=CC[C@@]1(C)C[C@H](c2cccc(Cl)c2)[C@@H](c2ccc(Cl)cc2)N([C@H](CC)C2CN(C(=O)OC(C)(C)C)CCO2)C1=O. The van der Waals surface area contributed by atoms with Crippen molar-refractivity contribution in [2.24, 2.45) is 5.41 Å². The number of allylic oxidation sites excluding steroid dienone is 1. The highest BCUT2D eigenvalue weighted by atomic mass is 35.5. The molecule has 0 radical (unpaired) electrons. The summed E-state index contributed by atoms with van der Waals surface area (Å²) in [7, 11) is 0. The number of hydrogen-bond acceptors (Lipinski definition) is 4. The molecule has 2 saturated heterocycles. The summed E-state index contributed by atoms with van der Waals surface area (Å²) in [4.78, 5) is 31.4. The molecule has 2 aromatic carbocycles. The molecule has 5 atom stereocenters. The molecule has 1 unspecified atom stereocenters. The first-order chi connectivity index (χ1) is 19.4. The van der Waals surface area contributed by atoms with Crippen LogP contribution >= 0.6 is 23.2 Å². The molecule has 2 heterocycles. The first kappa shape index (κ1) is 31.4. The van der Waals surface area contributed by atoms with Gasteiger partial charge in [-0.15, -0.1) is 6.58 Å². The summed E-state index contributed by atoms with van der Waals surface area (Å²) in [5.41, 5.74) is 0.783. The van der Waals surface area contributed by atoms with Gasteiger partial charge in [0.05, 0.1) is 36.8 Å². The molecule has 0 saturated carbocycles. The average molecular weight is 602 g/mol. The standard InChI is InChI=1S/C33H42Cl2N2O4/c1-7-16-33(6)20-26(23-10-9-11-25(35)19-23)29(22-12-14-24(34)15-13-22)37(30(33)38)27(8-2)28-21-36(17-18-40-28)31(39)41-32(3,4)5/h7,9-15,19,26-29H,1,8,16-18,20-21H2,2-6H3/t26-,27-,28?,29-,33+/m1/s1. The molecule has 0 N–H and O–H groups in total. The van der Waals surface area contributed by atoms with Gasteiger partial charge in [0.1, 0.15) is 5.60 Å². The molecule has 8 heteroatoms. The Kier molecular flexibility index (Phi) is 9.77. The molecule has 2 amide bonds. The van der Waals surface area contributed by atoms with Gasteiger partial charge in [-0.05, 0) is 75.4 Å². The predicted octanol–water partition coefficient (Wildman–Crippen LogP) is 8.05. The van der Waals surface area contributed by atoms with Gasteiger partial charge >= 0.3 is 6.09 Å². The van der Waals surface area contributed by atoms with Crippen molar-refractivity contribution in [1.29, 1.82) is 0 Å². The van der Waals surface area contributed by atoms with E-state index in [0.29, 0.717) is 49.0 Å². The molecule has 2 aliphatic rings. The lowest BCUT2D eigenvalue weighted by Gasteiger charge is -2.54. The van der Waals surface area contributed by atoms with E-state index in [0.717, 1.165) is 11.1 Å². The molecular formula is C33H42Cl2N2O4. The van der Waals surface area contributed by atoms with Crippen molar-refractivity contribution >= 4 is 35.2 Å². The molecule has 0 spiro atoms. The summed E-state index contributed by atoms with van der Waals surface area (Å²) < 4.78 is 12.0. The largest absolute Gasteiger partial charge is 0.444 e. The number of carbonyl (C=O) groups excluding carboxylic acids is 2. The van der Waals surface area contributed by atoms with Crippen LogP contribution in [0.2, 0.25) is 10.0 Å². The van der Waals surface area contributed by atoms with E-state index in [1.165, 1.54) is 0 Å². The lowest BCUT2D eigenvalue weighted by Crippen LogP contribution is -2.61. The minimum absolute atomic E-state index is 0.0443. The van der Waals surface area contributed by atoms with Gasteiger partial charge in [-0.25, -0.2) is 4.79 Å². The fraction of sp³-hybridized carbons (Fsp3) is 0.515.